The lowest BCUT2D eigenvalue weighted by Gasteiger charge is -2.00. The standard InChI is InChI=1S/C14H12N2O/c1-9(16-17)10-6-4-7-12-11-5-2-3-8-13(11)15-14(10)12/h2-8,15,17H,1H3. The molecule has 3 heteroatoms. The van der Waals surface area contributed by atoms with Crippen molar-refractivity contribution in [3.05, 3.63) is 48.0 Å². The first-order valence-electron chi connectivity index (χ1n) is 5.49. The molecule has 0 amide bonds. The minimum atomic E-state index is 0.613. The monoisotopic (exact) mass is 224 g/mol. The van der Waals surface area contributed by atoms with Gasteiger partial charge in [-0.25, -0.2) is 0 Å². The molecule has 3 nitrogen and oxygen atoms in total. The van der Waals surface area contributed by atoms with Gasteiger partial charge in [-0.05, 0) is 13.0 Å². The smallest absolute Gasteiger partial charge is 0.0858 e. The zero-order chi connectivity index (χ0) is 11.8. The maximum atomic E-state index is 8.90. The Bertz CT molecular complexity index is 725. The number of rotatable bonds is 1. The fourth-order valence-electron chi connectivity index (χ4n) is 2.23. The Hall–Kier alpha value is -2.29. The molecule has 0 atom stereocenters. The third-order valence-electron chi connectivity index (χ3n) is 3.08. The van der Waals surface area contributed by atoms with E-state index in [1.165, 1.54) is 5.39 Å². The number of aromatic nitrogens is 1. The maximum Gasteiger partial charge on any atom is 0.0858 e. The fraction of sp³-hybridized carbons (Fsp3) is 0.0714. The average Bonchev–Trinajstić information content (AvgIpc) is 2.76. The summed E-state index contributed by atoms with van der Waals surface area (Å²) >= 11 is 0. The first kappa shape index (κ1) is 9.90. The van der Waals surface area contributed by atoms with E-state index in [0.717, 1.165) is 22.0 Å². The zero-order valence-corrected chi connectivity index (χ0v) is 9.44. The van der Waals surface area contributed by atoms with Crippen LogP contribution in [0.25, 0.3) is 21.8 Å². The summed E-state index contributed by atoms with van der Waals surface area (Å²) in [6.07, 6.45) is 0. The lowest BCUT2D eigenvalue weighted by atomic mass is 10.1. The van der Waals surface area contributed by atoms with Gasteiger partial charge in [0.25, 0.3) is 0 Å². The van der Waals surface area contributed by atoms with Crippen molar-refractivity contribution in [2.45, 2.75) is 6.92 Å². The molecule has 1 aromatic heterocycles. The SMILES string of the molecule is CC(=NO)c1cccc2c1[nH]c1ccccc12. The van der Waals surface area contributed by atoms with Gasteiger partial charge in [-0.15, -0.1) is 0 Å². The molecule has 0 aliphatic rings. The van der Waals surface area contributed by atoms with E-state index in [1.54, 1.807) is 6.92 Å². The van der Waals surface area contributed by atoms with Crippen molar-refractivity contribution in [1.82, 2.24) is 4.98 Å². The highest BCUT2D eigenvalue weighted by Gasteiger charge is 2.09. The molecule has 0 aliphatic carbocycles. The van der Waals surface area contributed by atoms with Gasteiger partial charge >= 0.3 is 0 Å². The van der Waals surface area contributed by atoms with Crippen LogP contribution in [0.4, 0.5) is 0 Å². The normalized spacial score (nSPS) is 12.4. The van der Waals surface area contributed by atoms with Crippen LogP contribution in [0.3, 0.4) is 0 Å². The summed E-state index contributed by atoms with van der Waals surface area (Å²) in [5.41, 5.74) is 3.66. The largest absolute Gasteiger partial charge is 0.411 e. The van der Waals surface area contributed by atoms with Crippen molar-refractivity contribution in [1.29, 1.82) is 0 Å². The second kappa shape index (κ2) is 3.63. The number of hydrogen-bond acceptors (Lipinski definition) is 2. The van der Waals surface area contributed by atoms with Crippen LogP contribution < -0.4 is 0 Å². The number of para-hydroxylation sites is 2. The molecule has 3 rings (SSSR count). The summed E-state index contributed by atoms with van der Waals surface area (Å²) in [7, 11) is 0. The van der Waals surface area contributed by atoms with E-state index < -0.39 is 0 Å². The summed E-state index contributed by atoms with van der Waals surface area (Å²) in [6, 6.07) is 14.2. The lowest BCUT2D eigenvalue weighted by molar-refractivity contribution is 0.319. The average molecular weight is 224 g/mol. The molecule has 0 saturated carbocycles. The van der Waals surface area contributed by atoms with Crippen LogP contribution in [0.15, 0.2) is 47.6 Å². The Morgan fingerprint density at radius 2 is 1.82 bits per heavy atom. The Labute approximate surface area is 98.4 Å². The molecule has 0 saturated heterocycles. The number of hydrogen-bond donors (Lipinski definition) is 2. The highest BCUT2D eigenvalue weighted by molar-refractivity contribution is 6.16. The molecule has 3 aromatic rings. The minimum absolute atomic E-state index is 0.613. The maximum absolute atomic E-state index is 8.90. The quantitative estimate of drug-likeness (QED) is 0.371. The molecule has 0 unspecified atom stereocenters. The summed E-state index contributed by atoms with van der Waals surface area (Å²) in [5.74, 6) is 0. The molecule has 2 aromatic carbocycles. The molecule has 84 valence electrons. The number of nitrogens with zero attached hydrogens (tertiary/aromatic N) is 1. The van der Waals surface area contributed by atoms with Crippen LogP contribution in [0.1, 0.15) is 12.5 Å². The number of H-pyrrole nitrogens is 1. The van der Waals surface area contributed by atoms with Crippen molar-refractivity contribution < 1.29 is 5.21 Å². The number of oxime groups is 1. The second-order valence-corrected chi connectivity index (χ2v) is 4.08. The Kier molecular flexibility index (Phi) is 2.11. The van der Waals surface area contributed by atoms with Gasteiger partial charge in [-0.1, -0.05) is 41.6 Å². The molecule has 0 aliphatic heterocycles. The zero-order valence-electron chi connectivity index (χ0n) is 9.44. The van der Waals surface area contributed by atoms with Gasteiger partial charge in [0.2, 0.25) is 0 Å². The summed E-state index contributed by atoms with van der Waals surface area (Å²) in [5, 5.41) is 14.5. The van der Waals surface area contributed by atoms with Gasteiger partial charge in [0.1, 0.15) is 0 Å². The topological polar surface area (TPSA) is 48.4 Å². The van der Waals surface area contributed by atoms with Crippen molar-refractivity contribution in [2.75, 3.05) is 0 Å². The Morgan fingerprint density at radius 3 is 2.65 bits per heavy atom. The fourth-order valence-corrected chi connectivity index (χ4v) is 2.23. The predicted octanol–water partition coefficient (Wildman–Crippen LogP) is 3.52. The van der Waals surface area contributed by atoms with Crippen LogP contribution in [-0.4, -0.2) is 15.9 Å². The number of aromatic amines is 1. The van der Waals surface area contributed by atoms with Crippen molar-refractivity contribution in [3.63, 3.8) is 0 Å². The molecular formula is C14H12N2O. The predicted molar refractivity (Wildman–Crippen MR) is 69.8 cm³/mol. The van der Waals surface area contributed by atoms with Gasteiger partial charge in [0, 0.05) is 21.9 Å². The first-order valence-corrected chi connectivity index (χ1v) is 5.49. The van der Waals surface area contributed by atoms with E-state index in [0.29, 0.717) is 5.71 Å². The number of nitrogens with one attached hydrogen (secondary N) is 1. The van der Waals surface area contributed by atoms with Crippen molar-refractivity contribution in [2.24, 2.45) is 5.16 Å². The van der Waals surface area contributed by atoms with Crippen molar-refractivity contribution >= 4 is 27.5 Å². The van der Waals surface area contributed by atoms with Crippen LogP contribution in [0.2, 0.25) is 0 Å². The molecule has 0 radical (unpaired) electrons. The number of benzene rings is 2. The highest BCUT2D eigenvalue weighted by Crippen LogP contribution is 2.27. The van der Waals surface area contributed by atoms with Gasteiger partial charge in [-0.3, -0.25) is 0 Å². The van der Waals surface area contributed by atoms with Crippen LogP contribution in [0.5, 0.6) is 0 Å². The highest BCUT2D eigenvalue weighted by atomic mass is 16.4. The van der Waals surface area contributed by atoms with E-state index in [9.17, 15) is 0 Å². The van der Waals surface area contributed by atoms with Crippen LogP contribution >= 0.6 is 0 Å². The minimum Gasteiger partial charge on any atom is -0.411 e. The van der Waals surface area contributed by atoms with Gasteiger partial charge in [0.15, 0.2) is 0 Å². The van der Waals surface area contributed by atoms with Crippen LogP contribution in [0, 0.1) is 0 Å². The first-order chi connectivity index (χ1) is 8.31. The van der Waals surface area contributed by atoms with E-state index in [1.807, 2.05) is 30.3 Å². The van der Waals surface area contributed by atoms with E-state index in [4.69, 9.17) is 5.21 Å². The van der Waals surface area contributed by atoms with E-state index in [-0.39, 0.29) is 0 Å². The molecule has 1 heterocycles. The number of fused-ring (bicyclic) bond motifs is 3. The van der Waals surface area contributed by atoms with Gasteiger partial charge < -0.3 is 10.2 Å². The molecule has 2 N–H and O–H groups in total. The molecule has 17 heavy (non-hydrogen) atoms. The van der Waals surface area contributed by atoms with Gasteiger partial charge in [0.05, 0.1) is 11.2 Å². The summed E-state index contributed by atoms with van der Waals surface area (Å²) < 4.78 is 0. The molecule has 0 bridgehead atoms. The third-order valence-corrected chi connectivity index (χ3v) is 3.08. The lowest BCUT2D eigenvalue weighted by Crippen LogP contribution is -1.95. The molecular weight excluding hydrogens is 212 g/mol. The summed E-state index contributed by atoms with van der Waals surface area (Å²) in [6.45, 7) is 1.79. The van der Waals surface area contributed by atoms with Gasteiger partial charge in [-0.2, -0.15) is 0 Å². The van der Waals surface area contributed by atoms with Crippen molar-refractivity contribution in [3.8, 4) is 0 Å². The Balaban J connectivity index is 2.48. The van der Waals surface area contributed by atoms with E-state index in [2.05, 4.69) is 22.3 Å². The van der Waals surface area contributed by atoms with E-state index >= 15 is 0 Å². The molecule has 0 fully saturated rings. The third kappa shape index (κ3) is 1.40. The van der Waals surface area contributed by atoms with Crippen LogP contribution in [-0.2, 0) is 0 Å². The molecule has 0 spiro atoms. The summed E-state index contributed by atoms with van der Waals surface area (Å²) in [4.78, 5) is 3.37. The second-order valence-electron chi connectivity index (χ2n) is 4.08. The Morgan fingerprint density at radius 1 is 1.06 bits per heavy atom.